The van der Waals surface area contributed by atoms with E-state index in [9.17, 15) is 24.3 Å². The van der Waals surface area contributed by atoms with Crippen LogP contribution in [0.4, 0.5) is 17.5 Å². The molecule has 4 aliphatic rings. The molecular weight excluding hydrogens is 1140 g/mol. The summed E-state index contributed by atoms with van der Waals surface area (Å²) in [6, 6.07) is 40.5. The summed E-state index contributed by atoms with van der Waals surface area (Å²) in [4.78, 5) is 55.5. The molecule has 0 radical (unpaired) electrons. The number of aryl methyl sites for hydroxylation is 4. The van der Waals surface area contributed by atoms with Gasteiger partial charge in [0, 0.05) is 105 Å². The Kier molecular flexibility index (Phi) is 19.0. The highest BCUT2D eigenvalue weighted by Crippen LogP contribution is 2.32. The van der Waals surface area contributed by atoms with Crippen LogP contribution in [0.2, 0.25) is 0 Å². The first-order valence-corrected chi connectivity index (χ1v) is 27.5. The van der Waals surface area contributed by atoms with E-state index in [0.29, 0.717) is 17.8 Å². The normalized spacial score (nSPS) is 13.0. The molecule has 2 N–H and O–H groups in total. The molecule has 5 aromatic heterocycles. The number of aromatic nitrogens is 9. The third kappa shape index (κ3) is 14.9. The number of benzene rings is 4. The number of ether oxygens (including phenoxy) is 4. The van der Waals surface area contributed by atoms with Crippen LogP contribution < -0.4 is 61.2 Å². The molecule has 0 unspecified atom stereocenters. The van der Waals surface area contributed by atoms with Crippen molar-refractivity contribution in [2.75, 3.05) is 36.0 Å². The quantitative estimate of drug-likeness (QED) is 0.158. The zero-order chi connectivity index (χ0) is 59.4. The Bertz CT molecular complexity index is 4040. The van der Waals surface area contributed by atoms with Gasteiger partial charge in [0.1, 0.15) is 57.4 Å². The molecule has 0 saturated heterocycles. The minimum absolute atomic E-state index is 0.0952. The fourth-order valence-corrected chi connectivity index (χ4v) is 9.82. The van der Waals surface area contributed by atoms with Crippen molar-refractivity contribution in [2.45, 2.75) is 59.0 Å². The lowest BCUT2D eigenvalue weighted by atomic mass is 10.1. The third-order valence-electron chi connectivity index (χ3n) is 14.2. The van der Waals surface area contributed by atoms with Gasteiger partial charge < -0.3 is 44.1 Å². The Morgan fingerprint density at radius 1 is 0.440 bits per heavy atom. The van der Waals surface area contributed by atoms with Crippen LogP contribution in [0, 0.1) is 0 Å². The molecule has 4 aromatic carbocycles. The van der Waals surface area contributed by atoms with E-state index in [4.69, 9.17) is 18.9 Å². The molecule has 0 spiro atoms. The Labute approximate surface area is 492 Å². The van der Waals surface area contributed by atoms with E-state index >= 15 is 0 Å². The molecular formula is C61H64BrN13O9. The van der Waals surface area contributed by atoms with Crippen LogP contribution in [-0.2, 0) is 87.2 Å². The van der Waals surface area contributed by atoms with Crippen molar-refractivity contribution >= 4 is 33.4 Å². The van der Waals surface area contributed by atoms with Gasteiger partial charge in [0.25, 0.3) is 22.2 Å². The van der Waals surface area contributed by atoms with Crippen molar-refractivity contribution in [3.63, 3.8) is 0 Å². The standard InChI is InChI=1S/C20H20N4O3.C14H15N3O2.C13H13N3O2.C9H11NO.C5H5BrN2O/c1-23-20(25)8-7-19(22-23)24-11-14-3-5-17(9-15(14)12-24)27-13-16-4-6-18(26-2)10-21-16;1-16-14(18)6-5-13(15-16)17-8-10-3-4-12(19-2)7-11(10)9-17;1-15-13(18)5-4-12(14-15)16-7-9-2-3-11(17)6-10(9)8-16;1-11-9-3-2-7-5-10-6-8(7)4-9;1-8-5(9)3-2-4(6)7-8/h3-10H,11-13H2,1-2H3;3-7H,8-9H2,1-2H3;2-6,17H,7-8H2,1H3;2-4,10H,5-6H2,1H3;2-3H,1H3. The number of hydrogen-bond donors (Lipinski definition) is 2. The molecule has 0 bridgehead atoms. The van der Waals surface area contributed by atoms with Gasteiger partial charge in [-0.25, -0.2) is 18.7 Å². The van der Waals surface area contributed by atoms with Crippen LogP contribution in [0.25, 0.3) is 0 Å². The summed E-state index contributed by atoms with van der Waals surface area (Å²) < 4.78 is 27.3. The van der Waals surface area contributed by atoms with Gasteiger partial charge in [-0.2, -0.15) is 20.4 Å². The molecule has 0 saturated carbocycles. The minimum Gasteiger partial charge on any atom is -0.508 e. The van der Waals surface area contributed by atoms with Gasteiger partial charge in [0.15, 0.2) is 0 Å². The summed E-state index contributed by atoms with van der Waals surface area (Å²) in [7, 11) is 11.6. The summed E-state index contributed by atoms with van der Waals surface area (Å²) in [5, 5.41) is 29.4. The number of aromatic hydroxyl groups is 1. The monoisotopic (exact) mass is 1200 g/mol. The molecule has 22 nitrogen and oxygen atoms in total. The van der Waals surface area contributed by atoms with Gasteiger partial charge in [0.05, 0.1) is 33.2 Å². The number of hydrogen-bond acceptors (Lipinski definition) is 18. The molecule has 4 aliphatic heterocycles. The van der Waals surface area contributed by atoms with Crippen molar-refractivity contribution in [3.05, 3.63) is 236 Å². The highest BCUT2D eigenvalue weighted by molar-refractivity contribution is 9.10. The Morgan fingerprint density at radius 2 is 0.833 bits per heavy atom. The summed E-state index contributed by atoms with van der Waals surface area (Å²) >= 11 is 3.13. The average Bonchev–Trinajstić information content (AvgIpc) is 4.55. The first kappa shape index (κ1) is 59.0. The predicted molar refractivity (Wildman–Crippen MR) is 321 cm³/mol. The number of halogens is 1. The van der Waals surface area contributed by atoms with Crippen molar-refractivity contribution in [3.8, 4) is 28.7 Å². The first-order valence-electron chi connectivity index (χ1n) is 26.7. The average molecular weight is 1200 g/mol. The number of methoxy groups -OCH3 is 3. The lowest BCUT2D eigenvalue weighted by molar-refractivity contribution is 0.300. The van der Waals surface area contributed by atoms with Gasteiger partial charge in [0.2, 0.25) is 0 Å². The first-order chi connectivity index (χ1) is 40.5. The van der Waals surface area contributed by atoms with E-state index in [1.54, 1.807) is 104 Å². The largest absolute Gasteiger partial charge is 0.508 e. The number of phenols is 1. The van der Waals surface area contributed by atoms with Crippen molar-refractivity contribution < 1.29 is 24.1 Å². The van der Waals surface area contributed by atoms with Crippen molar-refractivity contribution in [2.24, 2.45) is 28.2 Å². The lowest BCUT2D eigenvalue weighted by Gasteiger charge is -2.16. The van der Waals surface area contributed by atoms with Gasteiger partial charge >= 0.3 is 0 Å². The molecule has 9 heterocycles. The molecule has 9 aromatic rings. The fraction of sp³-hybridized carbons (Fsp3) is 0.262. The topological polar surface area (TPSA) is 231 Å². The van der Waals surface area contributed by atoms with Gasteiger partial charge in [-0.1, -0.05) is 24.3 Å². The second-order valence-electron chi connectivity index (χ2n) is 19.9. The molecule has 23 heteroatoms. The van der Waals surface area contributed by atoms with Crippen LogP contribution in [0.1, 0.15) is 50.2 Å². The number of fused-ring (bicyclic) bond motifs is 4. The van der Waals surface area contributed by atoms with Gasteiger partial charge in [-0.05, 0) is 145 Å². The zero-order valence-corrected chi connectivity index (χ0v) is 49.2. The maximum atomic E-state index is 11.5. The predicted octanol–water partition coefficient (Wildman–Crippen LogP) is 6.44. The molecule has 13 rings (SSSR count). The molecule has 0 fully saturated rings. The number of nitrogens with one attached hydrogen (secondary N) is 1. The van der Waals surface area contributed by atoms with E-state index in [1.165, 1.54) is 69.8 Å². The molecule has 0 atom stereocenters. The van der Waals surface area contributed by atoms with Gasteiger partial charge in [-0.3, -0.25) is 24.2 Å². The molecule has 0 aliphatic carbocycles. The highest BCUT2D eigenvalue weighted by Gasteiger charge is 2.24. The third-order valence-corrected chi connectivity index (χ3v) is 14.6. The van der Waals surface area contributed by atoms with Gasteiger partial charge in [-0.15, -0.1) is 0 Å². The van der Waals surface area contributed by atoms with Crippen LogP contribution in [-0.4, -0.2) is 70.5 Å². The molecule has 0 amide bonds. The maximum absolute atomic E-state index is 11.5. The summed E-state index contributed by atoms with van der Waals surface area (Å²) in [6.45, 7) is 6.93. The Morgan fingerprint density at radius 3 is 1.29 bits per heavy atom. The summed E-state index contributed by atoms with van der Waals surface area (Å²) in [5.41, 5.74) is 10.4. The van der Waals surface area contributed by atoms with E-state index in [-0.39, 0.29) is 28.0 Å². The van der Waals surface area contributed by atoms with E-state index in [0.717, 1.165) is 97.5 Å². The lowest BCUT2D eigenvalue weighted by Crippen LogP contribution is -2.23. The number of anilines is 3. The van der Waals surface area contributed by atoms with Crippen molar-refractivity contribution in [1.82, 2.24) is 49.4 Å². The van der Waals surface area contributed by atoms with Crippen LogP contribution in [0.3, 0.4) is 0 Å². The Balaban J connectivity index is 0.000000132. The zero-order valence-electron chi connectivity index (χ0n) is 47.6. The van der Waals surface area contributed by atoms with Crippen LogP contribution in [0.15, 0.2) is 163 Å². The number of rotatable bonds is 9. The summed E-state index contributed by atoms with van der Waals surface area (Å²) in [6.07, 6.45) is 1.68. The smallest absolute Gasteiger partial charge is 0.266 e. The fourth-order valence-electron chi connectivity index (χ4n) is 9.45. The van der Waals surface area contributed by atoms with E-state index in [2.05, 4.69) is 97.7 Å². The maximum Gasteiger partial charge on any atom is 0.266 e. The van der Waals surface area contributed by atoms with Crippen LogP contribution >= 0.6 is 15.9 Å². The number of phenolic OH excluding ortho intramolecular Hbond substituents is 1. The number of nitrogens with zero attached hydrogens (tertiary/aromatic N) is 12. The molecule has 434 valence electrons. The minimum atomic E-state index is -0.117. The summed E-state index contributed by atoms with van der Waals surface area (Å²) in [5.74, 6) is 6.01. The second kappa shape index (κ2) is 27.0. The molecule has 84 heavy (non-hydrogen) atoms. The Hall–Kier alpha value is -9.61. The highest BCUT2D eigenvalue weighted by atomic mass is 79.9. The van der Waals surface area contributed by atoms with Crippen molar-refractivity contribution in [1.29, 1.82) is 0 Å². The second-order valence-corrected chi connectivity index (χ2v) is 20.7. The van der Waals surface area contributed by atoms with E-state index in [1.807, 2.05) is 36.4 Å². The van der Waals surface area contributed by atoms with Crippen LogP contribution in [0.5, 0.6) is 28.7 Å². The van der Waals surface area contributed by atoms with E-state index < -0.39 is 0 Å². The SMILES string of the molecule is COc1ccc(COc2ccc3c(c2)CN(c2ccc(=O)n(C)n2)C3)nc1.COc1ccc2c(c1)CN(c1ccc(=O)n(C)n1)C2.COc1ccc2c(c1)CNC2.Cn1nc(Br)ccc1=O.Cn1nc(N2Cc3ccc(O)cc3C2)ccc1=O. The number of pyridine rings is 1.